The molecule has 0 bridgehead atoms. The molecular weight excluding hydrogens is 304 g/mol. The van der Waals surface area contributed by atoms with E-state index in [9.17, 15) is 9.59 Å². The molecule has 1 aromatic carbocycles. The summed E-state index contributed by atoms with van der Waals surface area (Å²) in [5.74, 6) is 0.802. The van der Waals surface area contributed by atoms with Gasteiger partial charge in [-0.1, -0.05) is 12.1 Å². The Morgan fingerprint density at radius 2 is 1.92 bits per heavy atom. The van der Waals surface area contributed by atoms with Crippen LogP contribution in [0, 0.1) is 5.92 Å². The molecule has 2 aliphatic heterocycles. The Morgan fingerprint density at radius 1 is 1.12 bits per heavy atom. The third-order valence-corrected chi connectivity index (χ3v) is 5.52. The zero-order valence-electron chi connectivity index (χ0n) is 14.1. The van der Waals surface area contributed by atoms with Gasteiger partial charge in [0.05, 0.1) is 19.3 Å². The van der Waals surface area contributed by atoms with E-state index < -0.39 is 0 Å². The largest absolute Gasteiger partial charge is 0.378 e. The number of piperazine rings is 1. The number of hydrogen-bond donors (Lipinski definition) is 0. The van der Waals surface area contributed by atoms with E-state index in [1.54, 1.807) is 24.3 Å². The van der Waals surface area contributed by atoms with Crippen molar-refractivity contribution in [1.29, 1.82) is 0 Å². The Hall–Kier alpha value is -1.72. The molecule has 24 heavy (non-hydrogen) atoms. The Kier molecular flexibility index (Phi) is 4.14. The summed E-state index contributed by atoms with van der Waals surface area (Å²) in [4.78, 5) is 28.9. The summed E-state index contributed by atoms with van der Waals surface area (Å²) in [7, 11) is 0. The van der Waals surface area contributed by atoms with Crippen LogP contribution in [0.3, 0.4) is 0 Å². The Labute approximate surface area is 142 Å². The Balaban J connectivity index is 1.47. The molecule has 0 aromatic heterocycles. The highest BCUT2D eigenvalue weighted by molar-refractivity contribution is 5.99. The zero-order chi connectivity index (χ0) is 16.7. The lowest BCUT2D eigenvalue weighted by Gasteiger charge is -2.48. The SMILES string of the molecule is CC(=O)c1cccc(C(=O)N2CCN3[C@@H](COC[C@@H]3C3CC3)C2)c1. The van der Waals surface area contributed by atoms with E-state index in [0.717, 1.165) is 25.6 Å². The van der Waals surface area contributed by atoms with Crippen molar-refractivity contribution in [3.63, 3.8) is 0 Å². The predicted octanol–water partition coefficient (Wildman–Crippen LogP) is 1.82. The minimum atomic E-state index is -0.0116. The molecule has 0 unspecified atom stereocenters. The molecule has 1 saturated carbocycles. The fourth-order valence-corrected chi connectivity index (χ4v) is 4.00. The molecule has 128 valence electrons. The number of amides is 1. The lowest BCUT2D eigenvalue weighted by molar-refractivity contribution is -0.0816. The van der Waals surface area contributed by atoms with E-state index in [4.69, 9.17) is 4.74 Å². The summed E-state index contributed by atoms with van der Waals surface area (Å²) in [6.07, 6.45) is 2.63. The molecule has 0 radical (unpaired) electrons. The van der Waals surface area contributed by atoms with Crippen LogP contribution >= 0.6 is 0 Å². The van der Waals surface area contributed by atoms with Crippen molar-refractivity contribution in [2.75, 3.05) is 32.8 Å². The van der Waals surface area contributed by atoms with Gasteiger partial charge >= 0.3 is 0 Å². The number of Topliss-reactive ketones (excluding diaryl/α,β-unsaturated/α-hetero) is 1. The third kappa shape index (κ3) is 2.98. The second kappa shape index (κ2) is 6.30. The van der Waals surface area contributed by atoms with Gasteiger partial charge in [0.15, 0.2) is 5.78 Å². The first-order valence-electron chi connectivity index (χ1n) is 8.87. The molecule has 0 spiro atoms. The van der Waals surface area contributed by atoms with Crippen LogP contribution in [0.2, 0.25) is 0 Å². The number of ether oxygens (including phenoxy) is 1. The molecule has 3 fully saturated rings. The first-order chi connectivity index (χ1) is 11.6. The molecule has 2 atom stereocenters. The summed E-state index contributed by atoms with van der Waals surface area (Å²) in [6, 6.07) is 7.90. The maximum absolute atomic E-state index is 12.8. The highest BCUT2D eigenvalue weighted by Gasteiger charge is 2.43. The van der Waals surface area contributed by atoms with E-state index in [2.05, 4.69) is 4.90 Å². The van der Waals surface area contributed by atoms with Crippen LogP contribution in [0.1, 0.15) is 40.5 Å². The van der Waals surface area contributed by atoms with E-state index >= 15 is 0 Å². The van der Waals surface area contributed by atoms with Gasteiger partial charge in [0.25, 0.3) is 5.91 Å². The van der Waals surface area contributed by atoms with Crippen molar-refractivity contribution in [3.05, 3.63) is 35.4 Å². The smallest absolute Gasteiger partial charge is 0.253 e. The molecular formula is C19H24N2O3. The Bertz CT molecular complexity index is 656. The van der Waals surface area contributed by atoms with Crippen LogP contribution < -0.4 is 0 Å². The average Bonchev–Trinajstić information content (AvgIpc) is 3.45. The molecule has 2 heterocycles. The van der Waals surface area contributed by atoms with Gasteiger partial charge in [0.2, 0.25) is 0 Å². The third-order valence-electron chi connectivity index (χ3n) is 5.52. The van der Waals surface area contributed by atoms with Crippen molar-refractivity contribution in [2.45, 2.75) is 31.8 Å². The number of hydrogen-bond acceptors (Lipinski definition) is 4. The summed E-state index contributed by atoms with van der Waals surface area (Å²) in [6.45, 7) is 5.47. The van der Waals surface area contributed by atoms with Crippen molar-refractivity contribution in [3.8, 4) is 0 Å². The molecule has 2 saturated heterocycles. The van der Waals surface area contributed by atoms with E-state index in [-0.39, 0.29) is 11.7 Å². The van der Waals surface area contributed by atoms with Crippen molar-refractivity contribution < 1.29 is 14.3 Å². The number of nitrogens with zero attached hydrogens (tertiary/aromatic N) is 2. The summed E-state index contributed by atoms with van der Waals surface area (Å²) < 4.78 is 5.81. The second-order valence-corrected chi connectivity index (χ2v) is 7.22. The van der Waals surface area contributed by atoms with Crippen LogP contribution in [0.25, 0.3) is 0 Å². The maximum Gasteiger partial charge on any atom is 0.253 e. The highest BCUT2D eigenvalue weighted by atomic mass is 16.5. The molecule has 1 aliphatic carbocycles. The van der Waals surface area contributed by atoms with Crippen LogP contribution in [0.5, 0.6) is 0 Å². The molecule has 3 aliphatic rings. The first-order valence-corrected chi connectivity index (χ1v) is 8.87. The molecule has 1 aromatic rings. The number of rotatable bonds is 3. The monoisotopic (exact) mass is 328 g/mol. The molecule has 0 N–H and O–H groups in total. The minimum absolute atomic E-state index is 0.0116. The number of benzene rings is 1. The predicted molar refractivity (Wildman–Crippen MR) is 90.2 cm³/mol. The van der Waals surface area contributed by atoms with E-state index in [1.165, 1.54) is 19.8 Å². The minimum Gasteiger partial charge on any atom is -0.378 e. The standard InChI is InChI=1S/C19H24N2O3/c1-13(22)15-3-2-4-16(9-15)19(23)20-7-8-21-17(10-20)11-24-12-18(21)14-5-6-14/h2-4,9,14,17-18H,5-8,10-12H2,1H3/t17-,18-/m1/s1. The molecule has 4 rings (SSSR count). The van der Waals surface area contributed by atoms with Gasteiger partial charge in [0, 0.05) is 36.8 Å². The van der Waals surface area contributed by atoms with Crippen LogP contribution in [0.4, 0.5) is 0 Å². The van der Waals surface area contributed by atoms with Crippen molar-refractivity contribution in [2.24, 2.45) is 5.92 Å². The van der Waals surface area contributed by atoms with Gasteiger partial charge < -0.3 is 9.64 Å². The summed E-state index contributed by atoms with van der Waals surface area (Å²) in [5.41, 5.74) is 1.20. The quantitative estimate of drug-likeness (QED) is 0.794. The van der Waals surface area contributed by atoms with Crippen LogP contribution in [-0.4, -0.2) is 66.4 Å². The topological polar surface area (TPSA) is 49.9 Å². The maximum atomic E-state index is 12.8. The molecule has 1 amide bonds. The fourth-order valence-electron chi connectivity index (χ4n) is 4.00. The van der Waals surface area contributed by atoms with Gasteiger partial charge in [-0.15, -0.1) is 0 Å². The number of carbonyl (C=O) groups excluding carboxylic acids is 2. The van der Waals surface area contributed by atoms with Crippen molar-refractivity contribution >= 4 is 11.7 Å². The lowest BCUT2D eigenvalue weighted by atomic mass is 10.0. The highest BCUT2D eigenvalue weighted by Crippen LogP contribution is 2.38. The second-order valence-electron chi connectivity index (χ2n) is 7.22. The van der Waals surface area contributed by atoms with E-state index in [0.29, 0.717) is 36.4 Å². The first kappa shape index (κ1) is 15.8. The Morgan fingerprint density at radius 3 is 2.67 bits per heavy atom. The zero-order valence-corrected chi connectivity index (χ0v) is 14.1. The van der Waals surface area contributed by atoms with Crippen LogP contribution in [-0.2, 0) is 4.74 Å². The summed E-state index contributed by atoms with van der Waals surface area (Å²) >= 11 is 0. The average molecular weight is 328 g/mol. The summed E-state index contributed by atoms with van der Waals surface area (Å²) in [5, 5.41) is 0. The lowest BCUT2D eigenvalue weighted by Crippen LogP contribution is -2.63. The fraction of sp³-hybridized carbons (Fsp3) is 0.579. The van der Waals surface area contributed by atoms with E-state index in [1.807, 2.05) is 4.90 Å². The van der Waals surface area contributed by atoms with Gasteiger partial charge in [0.1, 0.15) is 0 Å². The molecule has 5 heteroatoms. The number of morpholine rings is 1. The number of carbonyl (C=O) groups is 2. The van der Waals surface area contributed by atoms with Gasteiger partial charge in [-0.3, -0.25) is 14.5 Å². The van der Waals surface area contributed by atoms with Crippen molar-refractivity contribution in [1.82, 2.24) is 9.80 Å². The molecule has 5 nitrogen and oxygen atoms in total. The van der Waals surface area contributed by atoms with Crippen LogP contribution in [0.15, 0.2) is 24.3 Å². The normalized spacial score (nSPS) is 27.6. The van der Waals surface area contributed by atoms with Gasteiger partial charge in [-0.25, -0.2) is 0 Å². The van der Waals surface area contributed by atoms with Gasteiger partial charge in [-0.05, 0) is 37.8 Å². The number of fused-ring (bicyclic) bond motifs is 1. The number of ketones is 1. The van der Waals surface area contributed by atoms with Gasteiger partial charge in [-0.2, -0.15) is 0 Å².